The van der Waals surface area contributed by atoms with Gasteiger partial charge in [-0.15, -0.1) is 12.4 Å². The van der Waals surface area contributed by atoms with Gasteiger partial charge in [0.1, 0.15) is 0 Å². The van der Waals surface area contributed by atoms with Crippen molar-refractivity contribution in [1.29, 1.82) is 0 Å². The van der Waals surface area contributed by atoms with Gasteiger partial charge in [-0.05, 0) is 19.9 Å². The molecule has 0 fully saturated rings. The molecule has 0 heterocycles. The number of rotatable bonds is 4. The number of carbonyl (C=O) groups excluding carboxylic acids is 1. The van der Waals surface area contributed by atoms with Crippen molar-refractivity contribution in [2.24, 2.45) is 11.1 Å². The molecule has 0 aliphatic rings. The molecule has 5 nitrogen and oxygen atoms in total. The van der Waals surface area contributed by atoms with Gasteiger partial charge in [-0.3, -0.25) is 4.79 Å². The lowest BCUT2D eigenvalue weighted by atomic mass is 9.80. The number of carbonyl (C=O) groups is 1. The van der Waals surface area contributed by atoms with E-state index in [1.807, 2.05) is 0 Å². The van der Waals surface area contributed by atoms with Crippen LogP contribution < -0.4 is 10.5 Å². The minimum atomic E-state index is -0.946. The Bertz CT molecular complexity index is 448. The highest BCUT2D eigenvalue weighted by atomic mass is 35.5. The summed E-state index contributed by atoms with van der Waals surface area (Å²) >= 11 is 0. The fourth-order valence-electron chi connectivity index (χ4n) is 1.73. The highest BCUT2D eigenvalue weighted by Crippen LogP contribution is 2.40. The Hall–Kier alpha value is -1.46. The highest BCUT2D eigenvalue weighted by molar-refractivity contribution is 5.85. The summed E-state index contributed by atoms with van der Waals surface area (Å²) in [7, 11) is 2.76. The minimum Gasteiger partial charge on any atom is -0.504 e. The first-order valence-corrected chi connectivity index (χ1v) is 5.56. The molecule has 0 spiro atoms. The molecule has 0 aromatic heterocycles. The lowest BCUT2D eigenvalue weighted by molar-refractivity contribution is -0.152. The van der Waals surface area contributed by atoms with Gasteiger partial charge >= 0.3 is 5.97 Å². The third kappa shape index (κ3) is 3.30. The molecule has 0 radical (unpaired) electrons. The quantitative estimate of drug-likeness (QED) is 0.829. The largest absolute Gasteiger partial charge is 0.504 e. The van der Waals surface area contributed by atoms with E-state index in [2.05, 4.69) is 0 Å². The van der Waals surface area contributed by atoms with Crippen LogP contribution in [-0.2, 0) is 9.53 Å². The van der Waals surface area contributed by atoms with E-state index >= 15 is 0 Å². The van der Waals surface area contributed by atoms with E-state index in [9.17, 15) is 9.90 Å². The van der Waals surface area contributed by atoms with Crippen molar-refractivity contribution in [3.8, 4) is 11.5 Å². The number of para-hydroxylation sites is 1. The Kier molecular flexibility index (Phi) is 6.12. The van der Waals surface area contributed by atoms with Crippen LogP contribution in [0.2, 0.25) is 0 Å². The number of phenols is 1. The van der Waals surface area contributed by atoms with Gasteiger partial charge in [-0.2, -0.15) is 0 Å². The number of methoxy groups -OCH3 is 2. The van der Waals surface area contributed by atoms with Crippen LogP contribution in [-0.4, -0.2) is 25.3 Å². The van der Waals surface area contributed by atoms with Crippen molar-refractivity contribution in [2.75, 3.05) is 14.2 Å². The summed E-state index contributed by atoms with van der Waals surface area (Å²) in [5, 5.41) is 10.0. The van der Waals surface area contributed by atoms with Gasteiger partial charge in [0.15, 0.2) is 11.5 Å². The molecule has 6 heteroatoms. The van der Waals surface area contributed by atoms with Crippen molar-refractivity contribution in [3.05, 3.63) is 23.8 Å². The molecular formula is C13H20ClNO4. The van der Waals surface area contributed by atoms with Gasteiger partial charge < -0.3 is 20.3 Å². The summed E-state index contributed by atoms with van der Waals surface area (Å²) < 4.78 is 9.74. The zero-order chi connectivity index (χ0) is 13.9. The lowest BCUT2D eigenvalue weighted by Crippen LogP contribution is -2.37. The number of benzene rings is 1. The SMILES string of the molecule is COC(=O)C(C)(C)[C@H](N)c1cccc(OC)c1O.Cl. The maximum Gasteiger partial charge on any atom is 0.313 e. The van der Waals surface area contributed by atoms with Crippen molar-refractivity contribution in [1.82, 2.24) is 0 Å². The van der Waals surface area contributed by atoms with E-state index in [0.29, 0.717) is 11.3 Å². The molecule has 19 heavy (non-hydrogen) atoms. The minimum absolute atomic E-state index is 0. The Morgan fingerprint density at radius 1 is 1.37 bits per heavy atom. The Labute approximate surface area is 119 Å². The number of hydrogen-bond donors (Lipinski definition) is 2. The molecule has 108 valence electrons. The number of nitrogens with two attached hydrogens (primary N) is 1. The predicted octanol–water partition coefficient (Wildman–Crippen LogP) is 2.02. The van der Waals surface area contributed by atoms with Crippen molar-refractivity contribution in [2.45, 2.75) is 19.9 Å². The van der Waals surface area contributed by atoms with Gasteiger partial charge in [0, 0.05) is 11.6 Å². The van der Waals surface area contributed by atoms with Gasteiger partial charge in [0.05, 0.1) is 19.6 Å². The van der Waals surface area contributed by atoms with Crippen LogP contribution in [0.5, 0.6) is 11.5 Å². The average molecular weight is 290 g/mol. The van der Waals surface area contributed by atoms with Crippen LogP contribution in [0.3, 0.4) is 0 Å². The maximum atomic E-state index is 11.7. The van der Waals surface area contributed by atoms with Crippen LogP contribution in [0.15, 0.2) is 18.2 Å². The molecule has 3 N–H and O–H groups in total. The highest BCUT2D eigenvalue weighted by Gasteiger charge is 2.38. The number of halogens is 1. The normalized spacial score (nSPS) is 12.3. The Morgan fingerprint density at radius 2 is 1.95 bits per heavy atom. The van der Waals surface area contributed by atoms with Gasteiger partial charge in [-0.1, -0.05) is 12.1 Å². The fourth-order valence-corrected chi connectivity index (χ4v) is 1.73. The molecule has 1 rings (SSSR count). The number of esters is 1. The molecule has 0 saturated carbocycles. The van der Waals surface area contributed by atoms with E-state index in [0.717, 1.165) is 0 Å². The number of ether oxygens (including phenoxy) is 2. The summed E-state index contributed by atoms with van der Waals surface area (Å²) in [6, 6.07) is 4.30. The van der Waals surface area contributed by atoms with Crippen LogP contribution in [0.1, 0.15) is 25.5 Å². The monoisotopic (exact) mass is 289 g/mol. The summed E-state index contributed by atoms with van der Waals surface area (Å²) in [5.74, 6) is -0.162. The summed E-state index contributed by atoms with van der Waals surface area (Å²) in [6.45, 7) is 3.34. The second kappa shape index (κ2) is 6.63. The fraction of sp³-hybridized carbons (Fsp3) is 0.462. The standard InChI is InChI=1S/C13H19NO4.ClH/c1-13(2,12(16)18-4)11(14)8-6-5-7-9(17-3)10(8)15;/h5-7,11,15H,14H2,1-4H3;1H/t11-;/m1./s1. The second-order valence-corrected chi connectivity index (χ2v) is 4.59. The molecule has 0 aliphatic carbocycles. The summed E-state index contributed by atoms with van der Waals surface area (Å²) in [6.07, 6.45) is 0. The first-order valence-electron chi connectivity index (χ1n) is 5.56. The average Bonchev–Trinajstić information content (AvgIpc) is 2.37. The number of aromatic hydroxyl groups is 1. The maximum absolute atomic E-state index is 11.7. The molecule has 0 bridgehead atoms. The van der Waals surface area contributed by atoms with Crippen molar-refractivity contribution < 1.29 is 19.4 Å². The van der Waals surface area contributed by atoms with Gasteiger partial charge in [-0.25, -0.2) is 0 Å². The molecular weight excluding hydrogens is 270 g/mol. The van der Waals surface area contributed by atoms with E-state index in [4.69, 9.17) is 15.2 Å². The van der Waals surface area contributed by atoms with Crippen LogP contribution >= 0.6 is 12.4 Å². The predicted molar refractivity (Wildman–Crippen MR) is 74.6 cm³/mol. The number of hydrogen-bond acceptors (Lipinski definition) is 5. The summed E-state index contributed by atoms with van der Waals surface area (Å²) in [4.78, 5) is 11.7. The first-order chi connectivity index (χ1) is 8.36. The number of phenolic OH excluding ortho intramolecular Hbond substituents is 1. The van der Waals surface area contributed by atoms with Gasteiger partial charge in [0.2, 0.25) is 0 Å². The molecule has 0 aliphatic heterocycles. The van der Waals surface area contributed by atoms with Crippen molar-refractivity contribution >= 4 is 18.4 Å². The smallest absolute Gasteiger partial charge is 0.313 e. The molecule has 1 atom stereocenters. The van der Waals surface area contributed by atoms with E-state index in [-0.39, 0.29) is 18.2 Å². The van der Waals surface area contributed by atoms with E-state index in [1.165, 1.54) is 14.2 Å². The lowest BCUT2D eigenvalue weighted by Gasteiger charge is -2.29. The molecule has 0 unspecified atom stereocenters. The summed E-state index contributed by atoms with van der Waals surface area (Å²) in [5.41, 5.74) is 5.56. The molecule has 1 aromatic carbocycles. The third-order valence-corrected chi connectivity index (χ3v) is 3.07. The molecule has 0 amide bonds. The van der Waals surface area contributed by atoms with Crippen LogP contribution in [0.4, 0.5) is 0 Å². The van der Waals surface area contributed by atoms with Gasteiger partial charge in [0.25, 0.3) is 0 Å². The second-order valence-electron chi connectivity index (χ2n) is 4.59. The third-order valence-electron chi connectivity index (χ3n) is 3.07. The Morgan fingerprint density at radius 3 is 2.42 bits per heavy atom. The first kappa shape index (κ1) is 17.5. The van der Waals surface area contributed by atoms with Crippen LogP contribution in [0.25, 0.3) is 0 Å². The topological polar surface area (TPSA) is 81.8 Å². The van der Waals surface area contributed by atoms with E-state index in [1.54, 1.807) is 32.0 Å². The van der Waals surface area contributed by atoms with Crippen molar-refractivity contribution in [3.63, 3.8) is 0 Å². The molecule has 1 aromatic rings. The zero-order valence-electron chi connectivity index (χ0n) is 11.5. The Balaban J connectivity index is 0.00000324. The molecule has 0 saturated heterocycles. The zero-order valence-corrected chi connectivity index (χ0v) is 12.3. The van der Waals surface area contributed by atoms with Crippen LogP contribution in [0, 0.1) is 5.41 Å². The van der Waals surface area contributed by atoms with E-state index < -0.39 is 17.4 Å².